The van der Waals surface area contributed by atoms with Crippen molar-refractivity contribution < 1.29 is 13.2 Å². The molecule has 28 heavy (non-hydrogen) atoms. The Kier molecular flexibility index (Phi) is 6.49. The largest absolute Gasteiger partial charge is 0.457 e. The lowest BCUT2D eigenvalue weighted by Gasteiger charge is -2.24. The van der Waals surface area contributed by atoms with E-state index in [9.17, 15) is 8.42 Å². The molecular formula is C23H25NO3S. The second-order valence-corrected chi connectivity index (χ2v) is 9.00. The second-order valence-electron chi connectivity index (χ2n) is 7.07. The van der Waals surface area contributed by atoms with E-state index >= 15 is 0 Å². The van der Waals surface area contributed by atoms with Gasteiger partial charge in [0, 0.05) is 13.1 Å². The molecular weight excluding hydrogens is 370 g/mol. The number of sulfonamides is 1. The minimum absolute atomic E-state index is 0.210. The van der Waals surface area contributed by atoms with Gasteiger partial charge in [0.2, 0.25) is 10.0 Å². The van der Waals surface area contributed by atoms with Crippen LogP contribution in [0.5, 0.6) is 11.5 Å². The summed E-state index contributed by atoms with van der Waals surface area (Å²) >= 11 is 0. The number of para-hydroxylation sites is 1. The van der Waals surface area contributed by atoms with Gasteiger partial charge in [-0.3, -0.25) is 0 Å². The Bertz CT molecular complexity index is 987. The van der Waals surface area contributed by atoms with Crippen molar-refractivity contribution in [3.8, 4) is 11.5 Å². The first-order valence-corrected chi connectivity index (χ1v) is 10.8. The maximum atomic E-state index is 13.1. The number of rotatable bonds is 8. The van der Waals surface area contributed by atoms with Crippen LogP contribution >= 0.6 is 0 Å². The number of hydrogen-bond donors (Lipinski definition) is 0. The third-order valence-corrected chi connectivity index (χ3v) is 6.01. The monoisotopic (exact) mass is 395 g/mol. The van der Waals surface area contributed by atoms with Crippen molar-refractivity contribution in [2.45, 2.75) is 25.3 Å². The van der Waals surface area contributed by atoms with Crippen molar-refractivity contribution in [2.24, 2.45) is 5.92 Å². The van der Waals surface area contributed by atoms with E-state index in [1.807, 2.05) is 74.5 Å². The van der Waals surface area contributed by atoms with Crippen LogP contribution in [0.25, 0.3) is 0 Å². The molecule has 146 valence electrons. The van der Waals surface area contributed by atoms with Gasteiger partial charge in [0.15, 0.2) is 0 Å². The van der Waals surface area contributed by atoms with Gasteiger partial charge in [-0.05, 0) is 47.9 Å². The average Bonchev–Trinajstić information content (AvgIpc) is 2.69. The maximum Gasteiger partial charge on any atom is 0.243 e. The predicted molar refractivity (Wildman–Crippen MR) is 112 cm³/mol. The maximum absolute atomic E-state index is 13.1. The summed E-state index contributed by atoms with van der Waals surface area (Å²) < 4.78 is 33.7. The first-order chi connectivity index (χ1) is 13.4. The number of nitrogens with zero attached hydrogens (tertiary/aromatic N) is 1. The van der Waals surface area contributed by atoms with Crippen molar-refractivity contribution in [1.82, 2.24) is 4.31 Å². The molecule has 3 rings (SSSR count). The molecule has 0 amide bonds. The van der Waals surface area contributed by atoms with Gasteiger partial charge in [-0.2, -0.15) is 4.31 Å². The summed E-state index contributed by atoms with van der Waals surface area (Å²) in [5.41, 5.74) is 0.883. The smallest absolute Gasteiger partial charge is 0.243 e. The Morgan fingerprint density at radius 2 is 1.43 bits per heavy atom. The molecule has 0 saturated carbocycles. The van der Waals surface area contributed by atoms with E-state index < -0.39 is 10.0 Å². The molecule has 0 saturated heterocycles. The van der Waals surface area contributed by atoms with E-state index in [0.29, 0.717) is 23.7 Å². The first kappa shape index (κ1) is 20.1. The highest BCUT2D eigenvalue weighted by Gasteiger charge is 2.25. The second kappa shape index (κ2) is 9.04. The fourth-order valence-electron chi connectivity index (χ4n) is 2.93. The lowest BCUT2D eigenvalue weighted by atomic mass is 10.2. The molecule has 0 aromatic heterocycles. The van der Waals surface area contributed by atoms with Crippen molar-refractivity contribution >= 4 is 10.0 Å². The average molecular weight is 396 g/mol. The van der Waals surface area contributed by atoms with Crippen molar-refractivity contribution in [3.05, 3.63) is 90.5 Å². The minimum atomic E-state index is -3.57. The third-order valence-electron chi connectivity index (χ3n) is 4.19. The zero-order valence-corrected chi connectivity index (χ0v) is 17.0. The van der Waals surface area contributed by atoms with Gasteiger partial charge in [0.05, 0.1) is 4.90 Å². The molecule has 0 atom stereocenters. The summed E-state index contributed by atoms with van der Waals surface area (Å²) in [5.74, 6) is 1.64. The predicted octanol–water partition coefficient (Wildman–Crippen LogP) is 5.33. The van der Waals surface area contributed by atoms with Crippen LogP contribution in [0.3, 0.4) is 0 Å². The van der Waals surface area contributed by atoms with Gasteiger partial charge < -0.3 is 4.74 Å². The van der Waals surface area contributed by atoms with E-state index in [4.69, 9.17) is 4.74 Å². The van der Waals surface area contributed by atoms with Crippen LogP contribution in [-0.4, -0.2) is 19.3 Å². The molecule has 4 nitrogen and oxygen atoms in total. The fourth-order valence-corrected chi connectivity index (χ4v) is 4.54. The van der Waals surface area contributed by atoms with Gasteiger partial charge in [-0.25, -0.2) is 8.42 Å². The van der Waals surface area contributed by atoms with E-state index in [1.54, 1.807) is 24.3 Å². The fraction of sp³-hybridized carbons (Fsp3) is 0.217. The van der Waals surface area contributed by atoms with E-state index in [2.05, 4.69) is 0 Å². The topological polar surface area (TPSA) is 46.6 Å². The zero-order valence-electron chi connectivity index (χ0n) is 16.2. The number of hydrogen-bond acceptors (Lipinski definition) is 3. The Morgan fingerprint density at radius 1 is 0.821 bits per heavy atom. The summed E-state index contributed by atoms with van der Waals surface area (Å²) in [6.45, 7) is 4.77. The highest BCUT2D eigenvalue weighted by atomic mass is 32.2. The Balaban J connectivity index is 1.84. The highest BCUT2D eigenvalue weighted by molar-refractivity contribution is 7.89. The molecule has 0 N–H and O–H groups in total. The molecule has 3 aromatic rings. The Morgan fingerprint density at radius 3 is 2.07 bits per heavy atom. The molecule has 0 unspecified atom stereocenters. The third kappa shape index (κ3) is 5.21. The van der Waals surface area contributed by atoms with Gasteiger partial charge in [-0.1, -0.05) is 62.4 Å². The van der Waals surface area contributed by atoms with Gasteiger partial charge >= 0.3 is 0 Å². The summed E-state index contributed by atoms with van der Waals surface area (Å²) in [5, 5.41) is 0. The summed E-state index contributed by atoms with van der Waals surface area (Å²) in [6, 6.07) is 25.7. The van der Waals surface area contributed by atoms with Gasteiger partial charge in [0.25, 0.3) is 0 Å². The lowest BCUT2D eigenvalue weighted by Crippen LogP contribution is -2.33. The van der Waals surface area contributed by atoms with Crippen molar-refractivity contribution in [2.75, 3.05) is 6.54 Å². The first-order valence-electron chi connectivity index (χ1n) is 9.32. The van der Waals surface area contributed by atoms with E-state index in [-0.39, 0.29) is 5.92 Å². The van der Waals surface area contributed by atoms with Gasteiger partial charge in [-0.15, -0.1) is 0 Å². The quantitative estimate of drug-likeness (QED) is 0.518. The Hall–Kier alpha value is -2.63. The van der Waals surface area contributed by atoms with Crippen LogP contribution in [0.2, 0.25) is 0 Å². The molecule has 0 spiro atoms. The summed E-state index contributed by atoms with van der Waals surface area (Å²) in [7, 11) is -3.57. The number of benzene rings is 3. The molecule has 0 aliphatic heterocycles. The SMILES string of the molecule is CC(C)CN(Cc1cccc(Oc2ccccc2)c1)S(=O)(=O)c1ccccc1. The van der Waals surface area contributed by atoms with Crippen LogP contribution in [-0.2, 0) is 16.6 Å². The van der Waals surface area contributed by atoms with E-state index in [0.717, 1.165) is 11.3 Å². The highest BCUT2D eigenvalue weighted by Crippen LogP contribution is 2.24. The molecule has 0 fully saturated rings. The van der Waals surface area contributed by atoms with Crippen LogP contribution in [0.1, 0.15) is 19.4 Å². The van der Waals surface area contributed by atoms with Crippen LogP contribution in [0.15, 0.2) is 89.8 Å². The molecule has 5 heteroatoms. The molecule has 0 radical (unpaired) electrons. The standard InChI is InChI=1S/C23H25NO3S/c1-19(2)17-24(28(25,26)23-14-7-4-8-15-23)18-20-10-9-13-22(16-20)27-21-11-5-3-6-12-21/h3-16,19H,17-18H2,1-2H3. The number of ether oxygens (including phenoxy) is 1. The van der Waals surface area contributed by atoms with Crippen LogP contribution in [0.4, 0.5) is 0 Å². The molecule has 0 heterocycles. The van der Waals surface area contributed by atoms with Crippen molar-refractivity contribution in [1.29, 1.82) is 0 Å². The van der Waals surface area contributed by atoms with Crippen LogP contribution in [0, 0.1) is 5.92 Å². The molecule has 3 aromatic carbocycles. The molecule has 0 bridgehead atoms. The van der Waals surface area contributed by atoms with Crippen LogP contribution < -0.4 is 4.74 Å². The molecule has 0 aliphatic rings. The van der Waals surface area contributed by atoms with Gasteiger partial charge in [0.1, 0.15) is 11.5 Å². The zero-order chi connectivity index (χ0) is 20.0. The Labute approximate surface area is 167 Å². The summed E-state index contributed by atoms with van der Waals surface area (Å²) in [4.78, 5) is 0.312. The minimum Gasteiger partial charge on any atom is -0.457 e. The van der Waals surface area contributed by atoms with Crippen molar-refractivity contribution in [3.63, 3.8) is 0 Å². The summed E-state index contributed by atoms with van der Waals surface area (Å²) in [6.07, 6.45) is 0. The lowest BCUT2D eigenvalue weighted by molar-refractivity contribution is 0.361. The molecule has 0 aliphatic carbocycles. The van der Waals surface area contributed by atoms with E-state index in [1.165, 1.54) is 4.31 Å². The normalized spacial score (nSPS) is 11.7.